The van der Waals surface area contributed by atoms with E-state index in [-0.39, 0.29) is 35.4 Å². The fourth-order valence-corrected chi connectivity index (χ4v) is 6.26. The standard InChI is InChI=1S/C22H30N4O5S/c1-2-3-7-13-26(21(24)28)14-12-25(32(29,30)19-10-5-4-6-11-19)22(17-26,20(23)27)16-18-9-8-15-31-18/h4-6,8-11,15H,2-3,7,12-14,16-17H2,1H3,(H3-,23,24,27,28)/p+1. The molecule has 0 saturated carbocycles. The van der Waals surface area contributed by atoms with Crippen molar-refractivity contribution < 1.29 is 26.9 Å². The van der Waals surface area contributed by atoms with Crippen LogP contribution in [-0.2, 0) is 21.2 Å². The van der Waals surface area contributed by atoms with Crippen LogP contribution in [0.5, 0.6) is 0 Å². The summed E-state index contributed by atoms with van der Waals surface area (Å²) in [5.41, 5.74) is 10.0. The van der Waals surface area contributed by atoms with Gasteiger partial charge in [0.25, 0.3) is 0 Å². The zero-order valence-electron chi connectivity index (χ0n) is 18.3. The van der Waals surface area contributed by atoms with Gasteiger partial charge in [0.05, 0.1) is 24.2 Å². The van der Waals surface area contributed by atoms with Crippen LogP contribution in [0.2, 0.25) is 0 Å². The molecule has 9 nitrogen and oxygen atoms in total. The number of sulfonamides is 1. The van der Waals surface area contributed by atoms with E-state index in [4.69, 9.17) is 15.9 Å². The molecular formula is C22H31N4O5S+. The minimum Gasteiger partial charge on any atom is -0.469 e. The first-order valence-corrected chi connectivity index (χ1v) is 12.2. The highest BCUT2D eigenvalue weighted by molar-refractivity contribution is 7.89. The molecular weight excluding hydrogens is 432 g/mol. The zero-order chi connectivity index (χ0) is 23.4. The number of carbonyl (C=O) groups is 2. The highest BCUT2D eigenvalue weighted by Crippen LogP contribution is 2.35. The van der Waals surface area contributed by atoms with Crippen molar-refractivity contribution in [3.63, 3.8) is 0 Å². The summed E-state index contributed by atoms with van der Waals surface area (Å²) >= 11 is 0. The summed E-state index contributed by atoms with van der Waals surface area (Å²) in [7, 11) is -4.09. The third-order valence-electron chi connectivity index (χ3n) is 6.27. The Bertz CT molecular complexity index is 1040. The van der Waals surface area contributed by atoms with Gasteiger partial charge in [0.2, 0.25) is 15.9 Å². The number of furan rings is 1. The van der Waals surface area contributed by atoms with E-state index in [0.29, 0.717) is 12.3 Å². The van der Waals surface area contributed by atoms with Gasteiger partial charge in [-0.15, -0.1) is 0 Å². The van der Waals surface area contributed by atoms with Crippen LogP contribution < -0.4 is 11.5 Å². The van der Waals surface area contributed by atoms with E-state index in [1.54, 1.807) is 30.3 Å². The molecule has 2 atom stereocenters. The summed E-state index contributed by atoms with van der Waals surface area (Å²) in [6.07, 6.45) is 3.91. The Morgan fingerprint density at radius 1 is 1.12 bits per heavy atom. The minimum atomic E-state index is -4.09. The number of nitrogens with zero attached hydrogens (tertiary/aromatic N) is 2. The maximum Gasteiger partial charge on any atom is 0.414 e. The lowest BCUT2D eigenvalue weighted by molar-refractivity contribution is -0.859. The van der Waals surface area contributed by atoms with E-state index in [1.807, 2.05) is 6.92 Å². The molecule has 0 radical (unpaired) electrons. The first-order chi connectivity index (χ1) is 15.2. The highest BCUT2D eigenvalue weighted by Gasteiger charge is 2.60. The predicted molar refractivity (Wildman–Crippen MR) is 119 cm³/mol. The molecule has 2 heterocycles. The van der Waals surface area contributed by atoms with Gasteiger partial charge in [-0.05, 0) is 37.1 Å². The number of quaternary nitrogens is 1. The number of amides is 3. The van der Waals surface area contributed by atoms with Gasteiger partial charge >= 0.3 is 6.03 Å². The number of urea groups is 1. The fourth-order valence-electron chi connectivity index (χ4n) is 4.51. The monoisotopic (exact) mass is 463 g/mol. The van der Waals surface area contributed by atoms with Crippen molar-refractivity contribution in [2.75, 3.05) is 26.2 Å². The lowest BCUT2D eigenvalue weighted by Gasteiger charge is -2.50. The molecule has 174 valence electrons. The van der Waals surface area contributed by atoms with Gasteiger partial charge in [0, 0.05) is 6.42 Å². The summed E-state index contributed by atoms with van der Waals surface area (Å²) in [5.74, 6) is -0.442. The van der Waals surface area contributed by atoms with E-state index in [0.717, 1.165) is 23.6 Å². The van der Waals surface area contributed by atoms with Crippen LogP contribution in [0.1, 0.15) is 31.9 Å². The van der Waals surface area contributed by atoms with Crippen molar-refractivity contribution >= 4 is 22.0 Å². The van der Waals surface area contributed by atoms with E-state index < -0.39 is 27.5 Å². The smallest absolute Gasteiger partial charge is 0.414 e. The lowest BCUT2D eigenvalue weighted by Crippen LogP contribution is -2.77. The molecule has 1 fully saturated rings. The molecule has 4 N–H and O–H groups in total. The van der Waals surface area contributed by atoms with Gasteiger partial charge in [-0.3, -0.25) is 4.79 Å². The Hall–Kier alpha value is -2.69. The first kappa shape index (κ1) is 24.0. The summed E-state index contributed by atoms with van der Waals surface area (Å²) in [4.78, 5) is 25.8. The van der Waals surface area contributed by atoms with Crippen LogP contribution in [0.4, 0.5) is 4.79 Å². The number of carbonyl (C=O) groups excluding carboxylic acids is 2. The summed E-state index contributed by atoms with van der Waals surface area (Å²) in [5, 5.41) is 0. The second kappa shape index (κ2) is 9.43. The molecule has 10 heteroatoms. The van der Waals surface area contributed by atoms with Crippen LogP contribution in [0.15, 0.2) is 58.0 Å². The molecule has 1 aromatic heterocycles. The van der Waals surface area contributed by atoms with Crippen molar-refractivity contribution in [2.45, 2.75) is 43.0 Å². The van der Waals surface area contributed by atoms with Gasteiger partial charge in [0.15, 0.2) is 5.54 Å². The number of unbranched alkanes of at least 4 members (excludes halogenated alkanes) is 2. The molecule has 0 spiro atoms. The zero-order valence-corrected chi connectivity index (χ0v) is 19.1. The van der Waals surface area contributed by atoms with Gasteiger partial charge in [0.1, 0.15) is 18.8 Å². The third kappa shape index (κ3) is 4.43. The first-order valence-electron chi connectivity index (χ1n) is 10.7. The molecule has 1 aromatic carbocycles. The SMILES string of the molecule is CCCCC[N+]1(C(N)=O)CCN(S(=O)(=O)c2ccccc2)C(Cc2ccco2)(C(N)=O)C1. The van der Waals surface area contributed by atoms with Gasteiger partial charge in [-0.2, -0.15) is 4.31 Å². The van der Waals surface area contributed by atoms with E-state index in [1.165, 1.54) is 18.4 Å². The fraction of sp³-hybridized carbons (Fsp3) is 0.455. The maximum atomic E-state index is 13.6. The molecule has 1 aliphatic heterocycles. The molecule has 32 heavy (non-hydrogen) atoms. The highest BCUT2D eigenvalue weighted by atomic mass is 32.2. The summed E-state index contributed by atoms with van der Waals surface area (Å²) in [6.45, 7) is 2.40. The van der Waals surface area contributed by atoms with Crippen molar-refractivity contribution in [1.82, 2.24) is 4.31 Å². The minimum absolute atomic E-state index is 0.0510. The van der Waals surface area contributed by atoms with E-state index in [9.17, 15) is 18.0 Å². The van der Waals surface area contributed by atoms with Crippen LogP contribution >= 0.6 is 0 Å². The Balaban J connectivity index is 2.13. The van der Waals surface area contributed by atoms with Crippen molar-refractivity contribution in [3.05, 3.63) is 54.5 Å². The normalized spacial score (nSPS) is 24.3. The Morgan fingerprint density at radius 3 is 2.41 bits per heavy atom. The second-order valence-electron chi connectivity index (χ2n) is 8.34. The van der Waals surface area contributed by atoms with Gasteiger partial charge in [-0.1, -0.05) is 31.5 Å². The molecule has 1 aliphatic rings. The molecule has 3 amide bonds. The molecule has 2 unspecified atom stereocenters. The van der Waals surface area contributed by atoms with E-state index >= 15 is 0 Å². The van der Waals surface area contributed by atoms with Crippen LogP contribution in [0, 0.1) is 0 Å². The molecule has 0 aliphatic carbocycles. The number of hydrogen-bond donors (Lipinski definition) is 2. The summed E-state index contributed by atoms with van der Waals surface area (Å²) < 4.78 is 33.7. The Kier molecular flexibility index (Phi) is 7.06. The third-order valence-corrected chi connectivity index (χ3v) is 8.25. The number of rotatable bonds is 9. The van der Waals surface area contributed by atoms with Crippen molar-refractivity contribution in [3.8, 4) is 0 Å². The van der Waals surface area contributed by atoms with Crippen molar-refractivity contribution in [2.24, 2.45) is 11.5 Å². The maximum absolute atomic E-state index is 13.6. The quantitative estimate of drug-likeness (QED) is 0.432. The van der Waals surface area contributed by atoms with Crippen LogP contribution in [0.25, 0.3) is 0 Å². The average Bonchev–Trinajstić information content (AvgIpc) is 3.27. The Morgan fingerprint density at radius 2 is 1.84 bits per heavy atom. The molecule has 3 rings (SSSR count). The van der Waals surface area contributed by atoms with E-state index in [2.05, 4.69) is 0 Å². The molecule has 1 saturated heterocycles. The van der Waals surface area contributed by atoms with Crippen LogP contribution in [-0.4, -0.2) is 60.9 Å². The van der Waals surface area contributed by atoms with Gasteiger partial charge in [-0.25, -0.2) is 17.7 Å². The number of nitrogens with two attached hydrogens (primary N) is 2. The topological polar surface area (TPSA) is 137 Å². The lowest BCUT2D eigenvalue weighted by atomic mass is 9.88. The predicted octanol–water partition coefficient (Wildman–Crippen LogP) is 1.84. The number of piperazine rings is 1. The second-order valence-corrected chi connectivity index (χ2v) is 10.2. The van der Waals surface area contributed by atoms with Crippen molar-refractivity contribution in [1.29, 1.82) is 0 Å². The van der Waals surface area contributed by atoms with Crippen LogP contribution in [0.3, 0.4) is 0 Å². The van der Waals surface area contributed by atoms with Gasteiger partial charge < -0.3 is 15.9 Å². The summed E-state index contributed by atoms with van der Waals surface area (Å²) in [6, 6.07) is 10.6. The average molecular weight is 464 g/mol. The Labute approximate surface area is 188 Å². The molecule has 0 bridgehead atoms. The largest absolute Gasteiger partial charge is 0.469 e. The molecule has 2 aromatic rings. The number of hydrogen-bond acceptors (Lipinski definition) is 5. The number of benzene rings is 1. The number of primary amides is 2.